The van der Waals surface area contributed by atoms with Crippen molar-refractivity contribution in [2.75, 3.05) is 38.0 Å². The zero-order valence-corrected chi connectivity index (χ0v) is 21.6. The SMILES string of the molecule is COc1ncccc1NC(=O)CC1(c2ccc(F)cc2)C(=O)NC(=S)N1CCc1ccc(N(C)C)cc1. The van der Waals surface area contributed by atoms with Gasteiger partial charge in [-0.2, -0.15) is 0 Å². The highest BCUT2D eigenvalue weighted by Crippen LogP contribution is 2.38. The van der Waals surface area contributed by atoms with Crippen LogP contribution in [0.2, 0.25) is 0 Å². The van der Waals surface area contributed by atoms with Crippen molar-refractivity contribution in [3.05, 3.63) is 83.8 Å². The molecule has 2 aromatic carbocycles. The smallest absolute Gasteiger partial charge is 0.257 e. The minimum Gasteiger partial charge on any atom is -0.480 e. The van der Waals surface area contributed by atoms with Crippen molar-refractivity contribution in [3.63, 3.8) is 0 Å². The summed E-state index contributed by atoms with van der Waals surface area (Å²) in [4.78, 5) is 34.6. The van der Waals surface area contributed by atoms with E-state index in [-0.39, 0.29) is 17.4 Å². The molecule has 0 saturated carbocycles. The average Bonchev–Trinajstić information content (AvgIpc) is 3.12. The largest absolute Gasteiger partial charge is 0.480 e. The maximum atomic E-state index is 13.8. The molecule has 2 heterocycles. The molecule has 0 aliphatic carbocycles. The molecule has 1 saturated heterocycles. The van der Waals surface area contributed by atoms with Crippen LogP contribution in [-0.2, 0) is 21.5 Å². The minimum absolute atomic E-state index is 0.214. The zero-order chi connectivity index (χ0) is 26.6. The second-order valence-electron chi connectivity index (χ2n) is 8.87. The van der Waals surface area contributed by atoms with Gasteiger partial charge in [0, 0.05) is 32.5 Å². The summed E-state index contributed by atoms with van der Waals surface area (Å²) in [6, 6.07) is 17.0. The molecule has 1 aliphatic rings. The fourth-order valence-corrected chi connectivity index (χ4v) is 4.76. The third-order valence-electron chi connectivity index (χ3n) is 6.36. The van der Waals surface area contributed by atoms with Crippen LogP contribution in [-0.4, -0.2) is 54.6 Å². The van der Waals surface area contributed by atoms with E-state index >= 15 is 0 Å². The summed E-state index contributed by atoms with van der Waals surface area (Å²) in [6.07, 6.45) is 1.86. The Morgan fingerprint density at radius 1 is 1.16 bits per heavy atom. The molecule has 2 amide bonds. The number of hydrogen-bond acceptors (Lipinski definition) is 6. The number of anilines is 2. The van der Waals surface area contributed by atoms with Gasteiger partial charge in [-0.05, 0) is 66.2 Å². The second kappa shape index (κ2) is 10.9. The van der Waals surface area contributed by atoms with E-state index in [2.05, 4.69) is 15.6 Å². The number of amides is 2. The van der Waals surface area contributed by atoms with E-state index < -0.39 is 23.2 Å². The number of aromatic nitrogens is 1. The molecule has 0 spiro atoms. The van der Waals surface area contributed by atoms with Crippen LogP contribution in [0.5, 0.6) is 5.88 Å². The van der Waals surface area contributed by atoms with Gasteiger partial charge in [0.05, 0.1) is 13.5 Å². The van der Waals surface area contributed by atoms with Crippen molar-refractivity contribution in [1.82, 2.24) is 15.2 Å². The Balaban J connectivity index is 1.66. The molecule has 0 radical (unpaired) electrons. The number of halogens is 1. The Labute approximate surface area is 220 Å². The number of carbonyl (C=O) groups is 2. The lowest BCUT2D eigenvalue weighted by Crippen LogP contribution is -2.50. The van der Waals surface area contributed by atoms with Crippen molar-refractivity contribution < 1.29 is 18.7 Å². The van der Waals surface area contributed by atoms with E-state index in [1.807, 2.05) is 43.3 Å². The molecule has 10 heteroatoms. The number of pyridine rings is 1. The van der Waals surface area contributed by atoms with Crippen LogP contribution in [0.1, 0.15) is 17.5 Å². The van der Waals surface area contributed by atoms with Crippen molar-refractivity contribution in [3.8, 4) is 5.88 Å². The highest BCUT2D eigenvalue weighted by Gasteiger charge is 2.53. The van der Waals surface area contributed by atoms with E-state index in [4.69, 9.17) is 17.0 Å². The van der Waals surface area contributed by atoms with Gasteiger partial charge in [0.15, 0.2) is 10.7 Å². The monoisotopic (exact) mass is 521 g/mol. The van der Waals surface area contributed by atoms with Gasteiger partial charge < -0.3 is 25.2 Å². The van der Waals surface area contributed by atoms with E-state index in [0.29, 0.717) is 24.2 Å². The fraction of sp³-hybridized carbons (Fsp3) is 0.259. The summed E-state index contributed by atoms with van der Waals surface area (Å²) in [7, 11) is 5.39. The average molecular weight is 522 g/mol. The van der Waals surface area contributed by atoms with Gasteiger partial charge in [0.25, 0.3) is 5.91 Å². The molecule has 1 aliphatic heterocycles. The summed E-state index contributed by atoms with van der Waals surface area (Å²) in [5.74, 6) is -1.09. The number of ether oxygens (including phenoxy) is 1. The number of thiocarbonyl (C=S) groups is 1. The van der Waals surface area contributed by atoms with Crippen LogP contribution < -0.4 is 20.3 Å². The third-order valence-corrected chi connectivity index (χ3v) is 6.68. The molecular formula is C27H28FN5O3S. The van der Waals surface area contributed by atoms with E-state index in [1.165, 1.54) is 31.4 Å². The molecule has 8 nitrogen and oxygen atoms in total. The molecule has 2 N–H and O–H groups in total. The summed E-state index contributed by atoms with van der Waals surface area (Å²) in [5, 5.41) is 5.72. The Morgan fingerprint density at radius 2 is 1.86 bits per heavy atom. The number of nitrogens with zero attached hydrogens (tertiary/aromatic N) is 3. The minimum atomic E-state index is -1.46. The van der Waals surface area contributed by atoms with Crippen LogP contribution >= 0.6 is 12.2 Å². The van der Waals surface area contributed by atoms with Crippen LogP contribution in [0.3, 0.4) is 0 Å². The lowest BCUT2D eigenvalue weighted by molar-refractivity contribution is -0.131. The molecule has 1 fully saturated rings. The van der Waals surface area contributed by atoms with Gasteiger partial charge in [0.1, 0.15) is 11.5 Å². The number of carbonyl (C=O) groups excluding carboxylic acids is 2. The number of benzene rings is 2. The third kappa shape index (κ3) is 5.39. The standard InChI is InChI=1S/C27H28FN5O3S/c1-32(2)21-12-6-18(7-13-21)14-16-33-26(37)31-25(35)27(33,19-8-10-20(28)11-9-19)17-23(34)30-22-5-4-15-29-24(22)36-3/h4-13,15H,14,16-17H2,1-3H3,(H,30,34)(H,31,35,37). The summed E-state index contributed by atoms with van der Waals surface area (Å²) in [5.41, 5.74) is 1.49. The van der Waals surface area contributed by atoms with Gasteiger partial charge in [0.2, 0.25) is 11.8 Å². The first-order valence-electron chi connectivity index (χ1n) is 11.7. The highest BCUT2D eigenvalue weighted by molar-refractivity contribution is 7.80. The van der Waals surface area contributed by atoms with Crippen molar-refractivity contribution in [2.24, 2.45) is 0 Å². The van der Waals surface area contributed by atoms with Crippen LogP contribution in [0.4, 0.5) is 15.8 Å². The van der Waals surface area contributed by atoms with Crippen molar-refractivity contribution in [2.45, 2.75) is 18.4 Å². The van der Waals surface area contributed by atoms with Gasteiger partial charge >= 0.3 is 0 Å². The Kier molecular flexibility index (Phi) is 7.68. The first-order valence-corrected chi connectivity index (χ1v) is 12.1. The number of nitrogens with one attached hydrogen (secondary N) is 2. The lowest BCUT2D eigenvalue weighted by Gasteiger charge is -2.36. The molecule has 192 valence electrons. The molecule has 0 bridgehead atoms. The predicted molar refractivity (Wildman–Crippen MR) is 144 cm³/mol. The van der Waals surface area contributed by atoms with Gasteiger partial charge in [-0.25, -0.2) is 9.37 Å². The predicted octanol–water partition coefficient (Wildman–Crippen LogP) is 3.48. The second-order valence-corrected chi connectivity index (χ2v) is 9.26. The molecule has 4 rings (SSSR count). The zero-order valence-electron chi connectivity index (χ0n) is 20.8. The van der Waals surface area contributed by atoms with Crippen LogP contribution in [0.15, 0.2) is 66.9 Å². The first kappa shape index (κ1) is 26.0. The number of hydrogen-bond donors (Lipinski definition) is 2. The summed E-state index contributed by atoms with van der Waals surface area (Å²) < 4.78 is 19.0. The van der Waals surface area contributed by atoms with Crippen molar-refractivity contribution >= 4 is 40.5 Å². The quantitative estimate of drug-likeness (QED) is 0.417. The maximum Gasteiger partial charge on any atom is 0.257 e. The van der Waals surface area contributed by atoms with E-state index in [1.54, 1.807) is 23.2 Å². The lowest BCUT2D eigenvalue weighted by atomic mass is 9.84. The normalized spacial score (nSPS) is 16.9. The Bertz CT molecular complexity index is 1300. The van der Waals surface area contributed by atoms with Crippen molar-refractivity contribution in [1.29, 1.82) is 0 Å². The van der Waals surface area contributed by atoms with E-state index in [9.17, 15) is 14.0 Å². The molecule has 1 unspecified atom stereocenters. The summed E-state index contributed by atoms with van der Waals surface area (Å²) >= 11 is 5.54. The van der Waals surface area contributed by atoms with Crippen LogP contribution in [0.25, 0.3) is 0 Å². The molecule has 3 aromatic rings. The highest BCUT2D eigenvalue weighted by atomic mass is 32.1. The Hall–Kier alpha value is -4.05. The first-order chi connectivity index (χ1) is 17.7. The molecule has 1 aromatic heterocycles. The molecule has 1 atom stereocenters. The number of methoxy groups -OCH3 is 1. The van der Waals surface area contributed by atoms with Gasteiger partial charge in [-0.3, -0.25) is 9.59 Å². The Morgan fingerprint density at radius 3 is 2.51 bits per heavy atom. The fourth-order valence-electron chi connectivity index (χ4n) is 4.42. The summed E-state index contributed by atoms with van der Waals surface area (Å²) in [6.45, 7) is 0.361. The number of rotatable bonds is 9. The molecule has 37 heavy (non-hydrogen) atoms. The van der Waals surface area contributed by atoms with E-state index in [0.717, 1.165) is 11.3 Å². The van der Waals surface area contributed by atoms with Crippen LogP contribution in [0, 0.1) is 5.82 Å². The molecular weight excluding hydrogens is 493 g/mol. The topological polar surface area (TPSA) is 86.8 Å². The van der Waals surface area contributed by atoms with Gasteiger partial charge in [-0.1, -0.05) is 24.3 Å². The van der Waals surface area contributed by atoms with Gasteiger partial charge in [-0.15, -0.1) is 0 Å². The maximum absolute atomic E-state index is 13.8.